The number of carbonyl (C=O) groups is 2. The quantitative estimate of drug-likeness (QED) is 0.710. The van der Waals surface area contributed by atoms with E-state index in [-0.39, 0.29) is 23.0 Å². The molecular formula is C18H26N2O6S. The van der Waals surface area contributed by atoms with Crippen molar-refractivity contribution in [3.8, 4) is 0 Å². The lowest BCUT2D eigenvalue weighted by Crippen LogP contribution is -2.49. The van der Waals surface area contributed by atoms with Crippen LogP contribution in [0.15, 0.2) is 23.1 Å². The zero-order chi connectivity index (χ0) is 20.2. The van der Waals surface area contributed by atoms with Crippen molar-refractivity contribution in [1.82, 2.24) is 9.62 Å². The van der Waals surface area contributed by atoms with Gasteiger partial charge < -0.3 is 14.4 Å². The fraction of sp³-hybridized carbons (Fsp3) is 0.556. The Labute approximate surface area is 159 Å². The summed E-state index contributed by atoms with van der Waals surface area (Å²) in [4.78, 5) is 25.6. The van der Waals surface area contributed by atoms with E-state index in [2.05, 4.69) is 4.72 Å². The van der Waals surface area contributed by atoms with Crippen LogP contribution in [0, 0.1) is 13.8 Å². The van der Waals surface area contributed by atoms with Gasteiger partial charge in [0.2, 0.25) is 10.0 Å². The van der Waals surface area contributed by atoms with E-state index in [4.69, 9.17) is 9.47 Å². The summed E-state index contributed by atoms with van der Waals surface area (Å²) >= 11 is 0. The van der Waals surface area contributed by atoms with Gasteiger partial charge in [0.05, 0.1) is 17.1 Å². The van der Waals surface area contributed by atoms with E-state index in [0.29, 0.717) is 13.1 Å². The smallest absolute Gasteiger partial charge is 0.321 e. The molecule has 2 atom stereocenters. The summed E-state index contributed by atoms with van der Waals surface area (Å²) in [7, 11) is -3.83. The number of carbonyl (C=O) groups excluding carboxylic acids is 2. The van der Waals surface area contributed by atoms with Gasteiger partial charge in [0, 0.05) is 13.1 Å². The van der Waals surface area contributed by atoms with Gasteiger partial charge in [-0.05, 0) is 51.0 Å². The lowest BCUT2D eigenvalue weighted by atomic mass is 10.1. The molecule has 0 saturated carbocycles. The van der Waals surface area contributed by atoms with Crippen LogP contribution in [0.1, 0.15) is 25.0 Å². The third-order valence-electron chi connectivity index (χ3n) is 4.32. The summed E-state index contributed by atoms with van der Waals surface area (Å²) in [6.45, 7) is 7.31. The van der Waals surface area contributed by atoms with E-state index in [1.54, 1.807) is 11.0 Å². The number of morpholine rings is 1. The molecule has 0 radical (unpaired) electrons. The molecule has 1 aromatic rings. The monoisotopic (exact) mass is 398 g/mol. The van der Waals surface area contributed by atoms with Crippen LogP contribution >= 0.6 is 0 Å². The maximum atomic E-state index is 12.2. The van der Waals surface area contributed by atoms with Crippen LogP contribution in [-0.2, 0) is 29.1 Å². The average Bonchev–Trinajstić information content (AvgIpc) is 2.59. The minimum absolute atomic E-state index is 0.0748. The number of esters is 1. The topological polar surface area (TPSA) is 102 Å². The molecule has 1 saturated heterocycles. The molecule has 1 aliphatic heterocycles. The molecule has 0 unspecified atom stereocenters. The van der Waals surface area contributed by atoms with E-state index in [0.717, 1.165) is 11.1 Å². The van der Waals surface area contributed by atoms with E-state index in [9.17, 15) is 18.0 Å². The SMILES string of the molecule is Cc1ccc(S(=O)(=O)NCC(=O)OCC(=O)N2C[C@@H](C)O[C@@H](C)C2)cc1C. The fourth-order valence-electron chi connectivity index (χ4n) is 2.78. The van der Waals surface area contributed by atoms with Gasteiger partial charge in [-0.15, -0.1) is 0 Å². The second-order valence-electron chi connectivity index (χ2n) is 6.79. The predicted octanol–water partition coefficient (Wildman–Crippen LogP) is 0.761. The minimum Gasteiger partial charge on any atom is -0.455 e. The third-order valence-corrected chi connectivity index (χ3v) is 5.72. The first-order valence-electron chi connectivity index (χ1n) is 8.74. The Kier molecular flexibility index (Phi) is 6.96. The number of benzene rings is 1. The van der Waals surface area contributed by atoms with Gasteiger partial charge >= 0.3 is 5.97 Å². The van der Waals surface area contributed by atoms with Crippen molar-refractivity contribution in [2.24, 2.45) is 0 Å². The highest BCUT2D eigenvalue weighted by molar-refractivity contribution is 7.89. The third kappa shape index (κ3) is 6.02. The molecule has 2 rings (SSSR count). The molecule has 1 amide bonds. The second kappa shape index (κ2) is 8.81. The Morgan fingerprint density at radius 3 is 2.41 bits per heavy atom. The van der Waals surface area contributed by atoms with Crippen molar-refractivity contribution >= 4 is 21.9 Å². The van der Waals surface area contributed by atoms with E-state index in [1.807, 2.05) is 27.7 Å². The first kappa shape index (κ1) is 21.3. The number of ether oxygens (including phenoxy) is 2. The van der Waals surface area contributed by atoms with E-state index >= 15 is 0 Å². The molecule has 1 aromatic carbocycles. The van der Waals surface area contributed by atoms with Crippen LogP contribution in [0.3, 0.4) is 0 Å². The Bertz CT molecular complexity index is 798. The standard InChI is InChI=1S/C18H26N2O6S/c1-12-5-6-16(7-13(12)2)27(23,24)19-8-18(22)25-11-17(21)20-9-14(3)26-15(4)10-20/h5-7,14-15,19H,8-11H2,1-4H3/t14-,15+. The van der Waals surface area contributed by atoms with Crippen LogP contribution in [0.2, 0.25) is 0 Å². The molecular weight excluding hydrogens is 372 g/mol. The molecule has 9 heteroatoms. The summed E-state index contributed by atoms with van der Waals surface area (Å²) in [6, 6.07) is 4.71. The molecule has 1 aliphatic rings. The van der Waals surface area contributed by atoms with Gasteiger partial charge in [-0.1, -0.05) is 6.07 Å². The zero-order valence-corrected chi connectivity index (χ0v) is 16.8. The van der Waals surface area contributed by atoms with Crippen molar-refractivity contribution in [2.75, 3.05) is 26.2 Å². The molecule has 0 bridgehead atoms. The van der Waals surface area contributed by atoms with Crippen molar-refractivity contribution in [3.05, 3.63) is 29.3 Å². The summed E-state index contributed by atoms with van der Waals surface area (Å²) in [5, 5.41) is 0. The fourth-order valence-corrected chi connectivity index (χ4v) is 3.84. The summed E-state index contributed by atoms with van der Waals surface area (Å²) < 4.78 is 37.1. The summed E-state index contributed by atoms with van der Waals surface area (Å²) in [5.41, 5.74) is 1.80. The minimum atomic E-state index is -3.83. The lowest BCUT2D eigenvalue weighted by molar-refractivity contribution is -0.156. The van der Waals surface area contributed by atoms with E-state index in [1.165, 1.54) is 12.1 Å². The van der Waals surface area contributed by atoms with Crippen molar-refractivity contribution in [3.63, 3.8) is 0 Å². The van der Waals surface area contributed by atoms with Gasteiger partial charge in [0.15, 0.2) is 6.61 Å². The molecule has 1 heterocycles. The maximum absolute atomic E-state index is 12.2. The number of sulfonamides is 1. The number of aryl methyl sites for hydroxylation is 2. The second-order valence-corrected chi connectivity index (χ2v) is 8.55. The lowest BCUT2D eigenvalue weighted by Gasteiger charge is -2.35. The molecule has 8 nitrogen and oxygen atoms in total. The van der Waals surface area contributed by atoms with E-state index < -0.39 is 29.1 Å². The average molecular weight is 398 g/mol. The molecule has 0 aromatic heterocycles. The first-order chi connectivity index (χ1) is 12.6. The number of rotatable bonds is 6. The van der Waals surface area contributed by atoms with Crippen LogP contribution in [-0.4, -0.2) is 63.6 Å². The number of nitrogens with one attached hydrogen (secondary N) is 1. The van der Waals surface area contributed by atoms with Crippen molar-refractivity contribution in [1.29, 1.82) is 0 Å². The Morgan fingerprint density at radius 1 is 1.19 bits per heavy atom. The van der Waals surface area contributed by atoms with Gasteiger partial charge in [0.1, 0.15) is 6.54 Å². The predicted molar refractivity (Wildman–Crippen MR) is 98.7 cm³/mol. The molecule has 0 spiro atoms. The summed E-state index contributed by atoms with van der Waals surface area (Å²) in [5.74, 6) is -1.15. The number of nitrogens with zero attached hydrogens (tertiary/aromatic N) is 1. The van der Waals surface area contributed by atoms with Crippen molar-refractivity contribution < 1.29 is 27.5 Å². The highest BCUT2D eigenvalue weighted by Gasteiger charge is 2.26. The van der Waals surface area contributed by atoms with Crippen LogP contribution in [0.5, 0.6) is 0 Å². The molecule has 150 valence electrons. The number of hydrogen-bond donors (Lipinski definition) is 1. The summed E-state index contributed by atoms with van der Waals surface area (Å²) in [6.07, 6.45) is -0.170. The molecule has 0 aliphatic carbocycles. The highest BCUT2D eigenvalue weighted by atomic mass is 32.2. The van der Waals surface area contributed by atoms with Crippen LogP contribution in [0.4, 0.5) is 0 Å². The Morgan fingerprint density at radius 2 is 1.81 bits per heavy atom. The van der Waals surface area contributed by atoms with Gasteiger partial charge in [-0.2, -0.15) is 4.72 Å². The molecule has 1 fully saturated rings. The van der Waals surface area contributed by atoms with Gasteiger partial charge in [-0.25, -0.2) is 8.42 Å². The normalized spacial score (nSPS) is 20.4. The Balaban J connectivity index is 1.83. The highest BCUT2D eigenvalue weighted by Crippen LogP contribution is 2.14. The Hall–Kier alpha value is -1.97. The first-order valence-corrected chi connectivity index (χ1v) is 10.2. The van der Waals surface area contributed by atoms with Crippen LogP contribution in [0.25, 0.3) is 0 Å². The maximum Gasteiger partial charge on any atom is 0.321 e. The van der Waals surface area contributed by atoms with Gasteiger partial charge in [0.25, 0.3) is 5.91 Å². The van der Waals surface area contributed by atoms with Crippen molar-refractivity contribution in [2.45, 2.75) is 44.8 Å². The van der Waals surface area contributed by atoms with Gasteiger partial charge in [-0.3, -0.25) is 9.59 Å². The molecule has 1 N–H and O–H groups in total. The largest absolute Gasteiger partial charge is 0.455 e. The zero-order valence-electron chi connectivity index (χ0n) is 16.0. The number of amides is 1. The number of hydrogen-bond acceptors (Lipinski definition) is 6. The van der Waals surface area contributed by atoms with Crippen LogP contribution < -0.4 is 4.72 Å². The molecule has 27 heavy (non-hydrogen) atoms.